The molecule has 4 rings (SSSR count). The van der Waals surface area contributed by atoms with Crippen LogP contribution in [0.5, 0.6) is 5.75 Å². The van der Waals surface area contributed by atoms with E-state index in [1.165, 1.54) is 13.2 Å². The molecule has 2 fully saturated rings. The Labute approximate surface area is 150 Å². The number of ether oxygens (including phenoxy) is 1. The summed E-state index contributed by atoms with van der Waals surface area (Å²) < 4.78 is 22.6. The number of aromatic nitrogens is 1. The van der Waals surface area contributed by atoms with Crippen LogP contribution in [0, 0.1) is 5.82 Å². The van der Waals surface area contributed by atoms with Gasteiger partial charge in [-0.2, -0.15) is 0 Å². The molecule has 2 heterocycles. The van der Waals surface area contributed by atoms with Crippen LogP contribution in [0.15, 0.2) is 17.1 Å². The summed E-state index contributed by atoms with van der Waals surface area (Å²) in [4.78, 5) is 25.9. The molecule has 26 heavy (non-hydrogen) atoms. The standard InChI is InChI=1S/C19H22FN3O3/c1-11-8-22(6-5-21-11)17-15(20)7-14-16(19(17)26-2)23(13-3-4-13)9-12(10-24)18(14)25/h7,9-11,13,21H,3-6,8H2,1-2H3. The Bertz CT molecular complexity index is 936. The number of anilines is 1. The zero-order chi connectivity index (χ0) is 18.4. The number of carbonyl (C=O) groups excluding carboxylic acids is 1. The van der Waals surface area contributed by atoms with E-state index in [-0.39, 0.29) is 23.0 Å². The van der Waals surface area contributed by atoms with Crippen molar-refractivity contribution < 1.29 is 13.9 Å². The lowest BCUT2D eigenvalue weighted by atomic mass is 10.1. The normalized spacial score (nSPS) is 20.4. The summed E-state index contributed by atoms with van der Waals surface area (Å²) in [5.74, 6) is -0.124. The predicted molar refractivity (Wildman–Crippen MR) is 98.1 cm³/mol. The van der Waals surface area contributed by atoms with Crippen LogP contribution in [0.1, 0.15) is 36.2 Å². The number of pyridine rings is 1. The van der Waals surface area contributed by atoms with Gasteiger partial charge in [0, 0.05) is 37.9 Å². The fourth-order valence-electron chi connectivity index (χ4n) is 3.81. The molecule has 1 N–H and O–H groups in total. The highest BCUT2D eigenvalue weighted by molar-refractivity contribution is 5.94. The van der Waals surface area contributed by atoms with Crippen molar-refractivity contribution in [3.05, 3.63) is 33.9 Å². The maximum atomic E-state index is 15.1. The van der Waals surface area contributed by atoms with Gasteiger partial charge in [-0.1, -0.05) is 0 Å². The number of hydrogen-bond acceptors (Lipinski definition) is 5. The van der Waals surface area contributed by atoms with Crippen molar-refractivity contribution in [1.29, 1.82) is 0 Å². The van der Waals surface area contributed by atoms with Gasteiger partial charge in [-0.3, -0.25) is 9.59 Å². The fraction of sp³-hybridized carbons (Fsp3) is 0.474. The average molecular weight is 359 g/mol. The number of nitrogens with zero attached hydrogens (tertiary/aromatic N) is 2. The molecule has 1 saturated carbocycles. The van der Waals surface area contributed by atoms with Gasteiger partial charge in [-0.05, 0) is 25.8 Å². The molecule has 2 aromatic rings. The number of hydrogen-bond donors (Lipinski definition) is 1. The number of aldehydes is 1. The maximum absolute atomic E-state index is 15.1. The number of rotatable bonds is 4. The molecular weight excluding hydrogens is 337 g/mol. The first-order valence-electron chi connectivity index (χ1n) is 8.94. The van der Waals surface area contributed by atoms with E-state index in [0.717, 1.165) is 19.4 Å². The lowest BCUT2D eigenvalue weighted by molar-refractivity contribution is 0.112. The summed E-state index contributed by atoms with van der Waals surface area (Å²) in [6, 6.07) is 1.70. The van der Waals surface area contributed by atoms with Crippen LogP contribution in [0.4, 0.5) is 10.1 Å². The zero-order valence-corrected chi connectivity index (χ0v) is 14.9. The van der Waals surface area contributed by atoms with Crippen molar-refractivity contribution in [3.8, 4) is 5.75 Å². The molecule has 1 aromatic heterocycles. The third-order valence-electron chi connectivity index (χ3n) is 5.18. The van der Waals surface area contributed by atoms with Crippen molar-refractivity contribution in [1.82, 2.24) is 9.88 Å². The largest absolute Gasteiger partial charge is 0.492 e. The molecule has 138 valence electrons. The van der Waals surface area contributed by atoms with Crippen molar-refractivity contribution in [2.75, 3.05) is 31.6 Å². The van der Waals surface area contributed by atoms with Gasteiger partial charge >= 0.3 is 0 Å². The number of carbonyl (C=O) groups is 1. The minimum Gasteiger partial charge on any atom is -0.492 e. The molecule has 0 amide bonds. The Balaban J connectivity index is 2.02. The molecular formula is C19H22FN3O3. The predicted octanol–water partition coefficient (Wildman–Crippen LogP) is 2.09. The van der Waals surface area contributed by atoms with Gasteiger partial charge in [0.1, 0.15) is 5.69 Å². The second-order valence-corrected chi connectivity index (χ2v) is 7.11. The summed E-state index contributed by atoms with van der Waals surface area (Å²) >= 11 is 0. The molecule has 1 aliphatic heterocycles. The van der Waals surface area contributed by atoms with E-state index < -0.39 is 11.2 Å². The Kier molecular flexibility index (Phi) is 4.19. The Hall–Kier alpha value is -2.41. The van der Waals surface area contributed by atoms with E-state index in [9.17, 15) is 9.59 Å². The van der Waals surface area contributed by atoms with E-state index in [1.54, 1.807) is 6.20 Å². The van der Waals surface area contributed by atoms with E-state index in [1.807, 2.05) is 16.4 Å². The molecule has 1 aliphatic carbocycles. The number of benzene rings is 1. The number of halogens is 1. The fourth-order valence-corrected chi connectivity index (χ4v) is 3.81. The van der Waals surface area contributed by atoms with Gasteiger partial charge in [0.2, 0.25) is 0 Å². The summed E-state index contributed by atoms with van der Waals surface area (Å²) in [5.41, 5.74) is 0.563. The van der Waals surface area contributed by atoms with Gasteiger partial charge in [-0.25, -0.2) is 4.39 Å². The van der Waals surface area contributed by atoms with Crippen molar-refractivity contribution in [2.24, 2.45) is 0 Å². The quantitative estimate of drug-likeness (QED) is 0.847. The summed E-state index contributed by atoms with van der Waals surface area (Å²) in [6.45, 7) is 4.11. The van der Waals surface area contributed by atoms with E-state index >= 15 is 4.39 Å². The first-order valence-corrected chi connectivity index (χ1v) is 8.94. The van der Waals surface area contributed by atoms with Crippen molar-refractivity contribution >= 4 is 22.9 Å². The smallest absolute Gasteiger partial charge is 0.200 e. The first kappa shape index (κ1) is 17.0. The second kappa shape index (κ2) is 6.39. The van der Waals surface area contributed by atoms with E-state index in [4.69, 9.17) is 4.74 Å². The van der Waals surface area contributed by atoms with Crippen LogP contribution >= 0.6 is 0 Å². The molecule has 1 saturated heterocycles. The molecule has 1 unspecified atom stereocenters. The van der Waals surface area contributed by atoms with E-state index in [2.05, 4.69) is 5.32 Å². The molecule has 1 aromatic carbocycles. The summed E-state index contributed by atoms with van der Waals surface area (Å²) in [5, 5.41) is 3.54. The van der Waals surface area contributed by atoms with Crippen LogP contribution < -0.4 is 20.4 Å². The van der Waals surface area contributed by atoms with Crippen LogP contribution in [0.2, 0.25) is 0 Å². The first-order chi connectivity index (χ1) is 12.5. The topological polar surface area (TPSA) is 63.6 Å². The lowest BCUT2D eigenvalue weighted by Crippen LogP contribution is -2.49. The lowest BCUT2D eigenvalue weighted by Gasteiger charge is -2.35. The number of piperazine rings is 1. The monoisotopic (exact) mass is 359 g/mol. The average Bonchev–Trinajstić information content (AvgIpc) is 3.46. The molecule has 7 heteroatoms. The summed E-state index contributed by atoms with van der Waals surface area (Å²) in [7, 11) is 1.50. The van der Waals surface area contributed by atoms with Crippen LogP contribution in [-0.2, 0) is 0 Å². The number of methoxy groups -OCH3 is 1. The molecule has 1 atom stereocenters. The van der Waals surface area contributed by atoms with Crippen molar-refractivity contribution in [3.63, 3.8) is 0 Å². The minimum atomic E-state index is -0.494. The Morgan fingerprint density at radius 2 is 2.15 bits per heavy atom. The van der Waals surface area contributed by atoms with Crippen molar-refractivity contribution in [2.45, 2.75) is 31.8 Å². The highest BCUT2D eigenvalue weighted by Crippen LogP contribution is 2.43. The SMILES string of the molecule is COc1c(N2CCNC(C)C2)c(F)cc2c(=O)c(C=O)cn(C3CC3)c12. The third-order valence-corrected chi connectivity index (χ3v) is 5.18. The Morgan fingerprint density at radius 1 is 1.38 bits per heavy atom. The van der Waals surface area contributed by atoms with Gasteiger partial charge in [0.05, 0.1) is 23.6 Å². The zero-order valence-electron chi connectivity index (χ0n) is 14.9. The minimum absolute atomic E-state index is 0.0504. The maximum Gasteiger partial charge on any atom is 0.200 e. The third kappa shape index (κ3) is 2.67. The molecule has 0 spiro atoms. The molecule has 6 nitrogen and oxygen atoms in total. The summed E-state index contributed by atoms with van der Waals surface area (Å²) in [6.07, 6.45) is 4.06. The highest BCUT2D eigenvalue weighted by atomic mass is 19.1. The number of fused-ring (bicyclic) bond motifs is 1. The van der Waals surface area contributed by atoms with Crippen LogP contribution in [0.3, 0.4) is 0 Å². The molecule has 0 bridgehead atoms. The molecule has 2 aliphatic rings. The highest BCUT2D eigenvalue weighted by Gasteiger charge is 2.31. The van der Waals surface area contributed by atoms with Gasteiger partial charge < -0.3 is 19.5 Å². The Morgan fingerprint density at radius 3 is 2.77 bits per heavy atom. The van der Waals surface area contributed by atoms with Gasteiger partial charge in [0.15, 0.2) is 23.3 Å². The van der Waals surface area contributed by atoms with Gasteiger partial charge in [-0.15, -0.1) is 0 Å². The van der Waals surface area contributed by atoms with Crippen LogP contribution in [-0.4, -0.2) is 43.6 Å². The number of nitrogens with one attached hydrogen (secondary N) is 1. The molecule has 0 radical (unpaired) electrons. The van der Waals surface area contributed by atoms with E-state index in [0.29, 0.717) is 36.3 Å². The second-order valence-electron chi connectivity index (χ2n) is 7.11. The van der Waals surface area contributed by atoms with Gasteiger partial charge in [0.25, 0.3) is 0 Å². The van der Waals surface area contributed by atoms with Crippen LogP contribution in [0.25, 0.3) is 10.9 Å².